The van der Waals surface area contributed by atoms with Gasteiger partial charge in [-0.1, -0.05) is 23.2 Å². The molecule has 31 heavy (non-hydrogen) atoms. The van der Waals surface area contributed by atoms with Gasteiger partial charge in [0.2, 0.25) is 0 Å². The minimum atomic E-state index is 0.385. The van der Waals surface area contributed by atoms with E-state index in [4.69, 9.17) is 27.9 Å². The highest BCUT2D eigenvalue weighted by molar-refractivity contribution is 6.33. The lowest BCUT2D eigenvalue weighted by Gasteiger charge is -2.09. The van der Waals surface area contributed by atoms with Crippen LogP contribution >= 0.6 is 23.2 Å². The van der Waals surface area contributed by atoms with Gasteiger partial charge in [-0.3, -0.25) is 0 Å². The van der Waals surface area contributed by atoms with Gasteiger partial charge in [0.1, 0.15) is 6.61 Å². The fraction of sp³-hybridized carbons (Fsp3) is 0.136. The molecule has 0 unspecified atom stereocenters. The van der Waals surface area contributed by atoms with Gasteiger partial charge < -0.3 is 14.7 Å². The van der Waals surface area contributed by atoms with E-state index < -0.39 is 0 Å². The summed E-state index contributed by atoms with van der Waals surface area (Å²) in [7, 11) is 0. The first kappa shape index (κ1) is 18.5. The van der Waals surface area contributed by atoms with Crippen molar-refractivity contribution >= 4 is 66.8 Å². The Morgan fingerprint density at radius 2 is 1.48 bits per heavy atom. The van der Waals surface area contributed by atoms with Gasteiger partial charge in [0.05, 0.1) is 17.6 Å². The van der Waals surface area contributed by atoms with E-state index in [9.17, 15) is 0 Å². The maximum atomic E-state index is 6.31. The molecule has 9 heteroatoms. The molecule has 6 aromatic rings. The Kier molecular flexibility index (Phi) is 4.09. The zero-order chi connectivity index (χ0) is 21.1. The number of hydrogen-bond donors (Lipinski definition) is 2. The summed E-state index contributed by atoms with van der Waals surface area (Å²) in [5, 5.41) is 17.7. The van der Waals surface area contributed by atoms with Crippen molar-refractivity contribution in [2.45, 2.75) is 13.5 Å². The third kappa shape index (κ3) is 3.00. The van der Waals surface area contributed by atoms with Gasteiger partial charge in [-0.2, -0.15) is 4.80 Å². The molecule has 7 nitrogen and oxygen atoms in total. The van der Waals surface area contributed by atoms with E-state index in [1.54, 1.807) is 6.92 Å². The number of rotatable bonds is 4. The standard InChI is InChI=1S/C22H16Cl2N6O/c1-11-27-29-30(28-11)6-7-31-22-20-16(14-8-12(23)2-4-18(14)25-20)10-17-15-9-13(24)3-5-19(15)26-21(17)22/h2-5,8-10,25-26H,6-7H2,1H3. The van der Waals surface area contributed by atoms with Crippen molar-refractivity contribution in [2.75, 3.05) is 6.61 Å². The predicted molar refractivity (Wildman–Crippen MR) is 123 cm³/mol. The topological polar surface area (TPSA) is 84.4 Å². The Morgan fingerprint density at radius 1 is 0.871 bits per heavy atom. The smallest absolute Gasteiger partial charge is 0.171 e. The van der Waals surface area contributed by atoms with Crippen LogP contribution in [0.15, 0.2) is 42.5 Å². The highest BCUT2D eigenvalue weighted by Crippen LogP contribution is 2.41. The van der Waals surface area contributed by atoms with E-state index in [0.717, 1.165) is 49.4 Å². The summed E-state index contributed by atoms with van der Waals surface area (Å²) in [6.45, 7) is 2.67. The number of H-pyrrole nitrogens is 2. The monoisotopic (exact) mass is 450 g/mol. The third-order valence-corrected chi connectivity index (χ3v) is 5.91. The second kappa shape index (κ2) is 6.87. The Bertz CT molecular complexity index is 1520. The molecule has 0 bridgehead atoms. The fourth-order valence-corrected chi connectivity index (χ4v) is 4.43. The van der Waals surface area contributed by atoms with Gasteiger partial charge in [-0.05, 0) is 54.6 Å². The first-order valence-electron chi connectivity index (χ1n) is 9.79. The van der Waals surface area contributed by atoms with Crippen LogP contribution in [0.5, 0.6) is 5.75 Å². The largest absolute Gasteiger partial charge is 0.487 e. The number of halogens is 2. The van der Waals surface area contributed by atoms with Crippen LogP contribution in [-0.2, 0) is 6.54 Å². The molecule has 2 N–H and O–H groups in total. The van der Waals surface area contributed by atoms with Gasteiger partial charge >= 0.3 is 0 Å². The van der Waals surface area contributed by atoms with E-state index in [-0.39, 0.29) is 0 Å². The van der Waals surface area contributed by atoms with Crippen molar-refractivity contribution < 1.29 is 4.74 Å². The summed E-state index contributed by atoms with van der Waals surface area (Å²) in [6, 6.07) is 13.8. The van der Waals surface area contributed by atoms with E-state index in [2.05, 4.69) is 31.4 Å². The number of aromatic nitrogens is 6. The molecule has 6 rings (SSSR count). The molecule has 0 fully saturated rings. The quantitative estimate of drug-likeness (QED) is 0.364. The normalized spacial score (nSPS) is 12.0. The average molecular weight is 451 g/mol. The molecule has 0 atom stereocenters. The number of tetrazole rings is 1. The third-order valence-electron chi connectivity index (χ3n) is 5.43. The SMILES string of the molecule is Cc1nnn(CCOc2c3[nH]c4ccc(Cl)cc4c3cc3c2[nH]c2ccc(Cl)cc23)n1. The number of nitrogens with zero attached hydrogens (tertiary/aromatic N) is 4. The average Bonchev–Trinajstić information content (AvgIpc) is 3.43. The Balaban J connectivity index is 1.58. The summed E-state index contributed by atoms with van der Waals surface area (Å²) in [4.78, 5) is 8.52. The summed E-state index contributed by atoms with van der Waals surface area (Å²) >= 11 is 12.6. The van der Waals surface area contributed by atoms with E-state index in [1.165, 1.54) is 4.80 Å². The number of nitrogens with one attached hydrogen (secondary N) is 2. The Hall–Kier alpha value is -3.29. The van der Waals surface area contributed by atoms with Crippen molar-refractivity contribution in [3.63, 3.8) is 0 Å². The van der Waals surface area contributed by atoms with Crippen LogP contribution in [0.3, 0.4) is 0 Å². The molecule has 0 aliphatic carbocycles. The number of hydrogen-bond acceptors (Lipinski definition) is 4. The van der Waals surface area contributed by atoms with E-state index >= 15 is 0 Å². The molecule has 3 aromatic carbocycles. The molecular weight excluding hydrogens is 435 g/mol. The van der Waals surface area contributed by atoms with Crippen LogP contribution in [0.2, 0.25) is 10.0 Å². The maximum Gasteiger partial charge on any atom is 0.171 e. The number of fused-ring (bicyclic) bond motifs is 6. The maximum absolute atomic E-state index is 6.31. The van der Waals surface area contributed by atoms with Crippen LogP contribution in [0.1, 0.15) is 5.82 Å². The summed E-state index contributed by atoms with van der Waals surface area (Å²) in [6.07, 6.45) is 0. The molecule has 0 aliphatic heterocycles. The first-order chi connectivity index (χ1) is 15.1. The van der Waals surface area contributed by atoms with Crippen LogP contribution in [0.4, 0.5) is 0 Å². The first-order valence-corrected chi connectivity index (χ1v) is 10.5. The molecule has 0 saturated carbocycles. The summed E-state index contributed by atoms with van der Waals surface area (Å²) in [5.74, 6) is 1.37. The van der Waals surface area contributed by atoms with Gasteiger partial charge in [0, 0.05) is 42.6 Å². The van der Waals surface area contributed by atoms with Gasteiger partial charge in [0.25, 0.3) is 0 Å². The molecule has 0 saturated heterocycles. The second-order valence-electron chi connectivity index (χ2n) is 7.46. The molecule has 0 radical (unpaired) electrons. The highest BCUT2D eigenvalue weighted by Gasteiger charge is 2.18. The molecular formula is C22H16Cl2N6O. The lowest BCUT2D eigenvalue weighted by Crippen LogP contribution is -2.11. The van der Waals surface area contributed by atoms with E-state index in [1.807, 2.05) is 36.4 Å². The molecule has 3 aromatic heterocycles. The Morgan fingerprint density at radius 3 is 2.03 bits per heavy atom. The highest BCUT2D eigenvalue weighted by atomic mass is 35.5. The van der Waals surface area contributed by atoms with Crippen LogP contribution in [-0.4, -0.2) is 36.8 Å². The molecule has 0 aliphatic rings. The van der Waals surface area contributed by atoms with Gasteiger partial charge in [-0.15, -0.1) is 10.2 Å². The number of aromatic amines is 2. The van der Waals surface area contributed by atoms with Crippen LogP contribution < -0.4 is 4.74 Å². The number of benzene rings is 3. The summed E-state index contributed by atoms with van der Waals surface area (Å²) < 4.78 is 6.31. The van der Waals surface area contributed by atoms with Crippen LogP contribution in [0, 0.1) is 6.92 Å². The van der Waals surface area contributed by atoms with Crippen molar-refractivity contribution in [1.82, 2.24) is 30.2 Å². The van der Waals surface area contributed by atoms with E-state index in [0.29, 0.717) is 29.0 Å². The Labute approximate surface area is 185 Å². The molecule has 154 valence electrons. The minimum absolute atomic E-state index is 0.385. The van der Waals surface area contributed by atoms with Crippen molar-refractivity contribution in [1.29, 1.82) is 0 Å². The van der Waals surface area contributed by atoms with Gasteiger partial charge in [-0.25, -0.2) is 0 Å². The summed E-state index contributed by atoms with van der Waals surface area (Å²) in [5.41, 5.74) is 3.80. The minimum Gasteiger partial charge on any atom is -0.487 e. The van der Waals surface area contributed by atoms with Crippen molar-refractivity contribution in [3.8, 4) is 5.75 Å². The predicted octanol–water partition coefficient (Wildman–Crippen LogP) is 5.64. The number of ether oxygens (including phenoxy) is 1. The zero-order valence-corrected chi connectivity index (χ0v) is 17.9. The lowest BCUT2D eigenvalue weighted by atomic mass is 10.1. The van der Waals surface area contributed by atoms with Crippen molar-refractivity contribution in [3.05, 3.63) is 58.3 Å². The zero-order valence-electron chi connectivity index (χ0n) is 16.4. The van der Waals surface area contributed by atoms with Crippen LogP contribution in [0.25, 0.3) is 43.6 Å². The fourth-order valence-electron chi connectivity index (χ4n) is 4.09. The molecule has 3 heterocycles. The second-order valence-corrected chi connectivity index (χ2v) is 8.33. The van der Waals surface area contributed by atoms with Crippen molar-refractivity contribution in [2.24, 2.45) is 0 Å². The van der Waals surface area contributed by atoms with Gasteiger partial charge in [0.15, 0.2) is 11.6 Å². The molecule has 0 amide bonds. The lowest BCUT2D eigenvalue weighted by molar-refractivity contribution is 0.285. The number of aryl methyl sites for hydroxylation is 1. The molecule has 0 spiro atoms.